The quantitative estimate of drug-likeness (QED) is 0.820. The van der Waals surface area contributed by atoms with Crippen LogP contribution in [-0.2, 0) is 9.47 Å². The lowest BCUT2D eigenvalue weighted by Crippen LogP contribution is -2.46. The largest absolute Gasteiger partial charge is 0.464 e. The first-order valence-electron chi connectivity index (χ1n) is 6.70. The maximum atomic E-state index is 11.5. The molecule has 3 rings (SSSR count). The van der Waals surface area contributed by atoms with E-state index in [2.05, 4.69) is 9.84 Å². The Balaban J connectivity index is 1.80. The van der Waals surface area contributed by atoms with Crippen molar-refractivity contribution in [2.24, 2.45) is 0 Å². The van der Waals surface area contributed by atoms with E-state index in [1.807, 2.05) is 4.68 Å². The Morgan fingerprint density at radius 3 is 3.05 bits per heavy atom. The van der Waals surface area contributed by atoms with Gasteiger partial charge >= 0.3 is 5.97 Å². The summed E-state index contributed by atoms with van der Waals surface area (Å²) in [5.74, 6) is -0.485. The maximum absolute atomic E-state index is 11.5. The standard InChI is InChI=1S/C13H19N3O3/c1-18-12(17)11-10(14)8-16(15-11)9-3-6-19-13(7-9)4-2-5-13/h8-9H,2-7,14H2,1H3. The fourth-order valence-electron chi connectivity index (χ4n) is 3.00. The Labute approximate surface area is 111 Å². The molecule has 1 aromatic rings. The molecule has 2 heterocycles. The van der Waals surface area contributed by atoms with Gasteiger partial charge in [-0.1, -0.05) is 0 Å². The molecule has 0 amide bonds. The average Bonchev–Trinajstić information content (AvgIpc) is 2.78. The summed E-state index contributed by atoms with van der Waals surface area (Å²) in [5.41, 5.74) is 6.46. The van der Waals surface area contributed by atoms with Gasteiger partial charge in [-0.3, -0.25) is 4.68 Å². The number of hydrogen-bond acceptors (Lipinski definition) is 5. The lowest BCUT2D eigenvalue weighted by Gasteiger charge is -2.47. The number of aromatic nitrogens is 2. The Morgan fingerprint density at radius 2 is 2.42 bits per heavy atom. The van der Waals surface area contributed by atoms with Crippen LogP contribution < -0.4 is 5.73 Å². The highest BCUT2D eigenvalue weighted by Gasteiger charge is 2.43. The van der Waals surface area contributed by atoms with Crippen LogP contribution in [0.25, 0.3) is 0 Å². The first-order valence-corrected chi connectivity index (χ1v) is 6.70. The van der Waals surface area contributed by atoms with Gasteiger partial charge in [-0.05, 0) is 32.1 Å². The highest BCUT2D eigenvalue weighted by atomic mass is 16.5. The minimum absolute atomic E-state index is 0.0507. The smallest absolute Gasteiger partial charge is 0.360 e. The van der Waals surface area contributed by atoms with Crippen LogP contribution in [0.1, 0.15) is 48.6 Å². The van der Waals surface area contributed by atoms with Gasteiger partial charge < -0.3 is 15.2 Å². The van der Waals surface area contributed by atoms with Gasteiger partial charge in [0.15, 0.2) is 5.69 Å². The Hall–Kier alpha value is -1.56. The minimum Gasteiger partial charge on any atom is -0.464 e. The number of ether oxygens (including phenoxy) is 2. The molecular weight excluding hydrogens is 246 g/mol. The zero-order valence-corrected chi connectivity index (χ0v) is 11.1. The number of hydrogen-bond donors (Lipinski definition) is 1. The molecular formula is C13H19N3O3. The van der Waals surface area contributed by atoms with Gasteiger partial charge in [0.05, 0.1) is 24.4 Å². The van der Waals surface area contributed by atoms with Crippen molar-refractivity contribution >= 4 is 11.7 Å². The van der Waals surface area contributed by atoms with Gasteiger partial charge in [0, 0.05) is 12.8 Å². The molecule has 2 aliphatic rings. The van der Waals surface area contributed by atoms with E-state index in [1.165, 1.54) is 13.5 Å². The molecule has 2 fully saturated rings. The maximum Gasteiger partial charge on any atom is 0.360 e. The van der Waals surface area contributed by atoms with Crippen molar-refractivity contribution in [3.63, 3.8) is 0 Å². The molecule has 0 radical (unpaired) electrons. The number of rotatable bonds is 2. The monoisotopic (exact) mass is 265 g/mol. The van der Waals surface area contributed by atoms with Gasteiger partial charge in [0.1, 0.15) is 0 Å². The molecule has 104 valence electrons. The Morgan fingerprint density at radius 1 is 1.63 bits per heavy atom. The van der Waals surface area contributed by atoms with Crippen molar-refractivity contribution in [3.05, 3.63) is 11.9 Å². The third kappa shape index (κ3) is 2.10. The molecule has 6 nitrogen and oxygen atoms in total. The van der Waals surface area contributed by atoms with Crippen LogP contribution in [0.2, 0.25) is 0 Å². The molecule has 1 saturated carbocycles. The zero-order chi connectivity index (χ0) is 13.5. The SMILES string of the molecule is COC(=O)c1nn(C2CCOC3(CCC3)C2)cc1N. The van der Waals surface area contributed by atoms with Crippen molar-refractivity contribution in [3.8, 4) is 0 Å². The second-order valence-electron chi connectivity index (χ2n) is 5.44. The fraction of sp³-hybridized carbons (Fsp3) is 0.692. The first kappa shape index (κ1) is 12.5. The molecule has 1 spiro atoms. The van der Waals surface area contributed by atoms with Crippen LogP contribution in [0.5, 0.6) is 0 Å². The van der Waals surface area contributed by atoms with Crippen LogP contribution in [0.15, 0.2) is 6.20 Å². The summed E-state index contributed by atoms with van der Waals surface area (Å²) in [5, 5.41) is 4.29. The first-order chi connectivity index (χ1) is 9.13. The van der Waals surface area contributed by atoms with Crippen LogP contribution in [-0.4, -0.2) is 35.1 Å². The van der Waals surface area contributed by atoms with Crippen LogP contribution in [0.4, 0.5) is 5.69 Å². The molecule has 1 atom stereocenters. The van der Waals surface area contributed by atoms with Crippen LogP contribution in [0, 0.1) is 0 Å². The zero-order valence-electron chi connectivity index (χ0n) is 11.1. The molecule has 1 unspecified atom stereocenters. The number of nitrogen functional groups attached to an aromatic ring is 1. The summed E-state index contributed by atoms with van der Waals surface area (Å²) in [7, 11) is 1.33. The highest BCUT2D eigenvalue weighted by molar-refractivity contribution is 5.92. The number of carbonyl (C=O) groups is 1. The molecule has 0 aromatic carbocycles. The van der Waals surface area contributed by atoms with E-state index < -0.39 is 5.97 Å². The normalized spacial score (nSPS) is 25.0. The average molecular weight is 265 g/mol. The summed E-state index contributed by atoms with van der Waals surface area (Å²) >= 11 is 0. The number of nitrogens with zero attached hydrogens (tertiary/aromatic N) is 2. The van der Waals surface area contributed by atoms with Gasteiger partial charge in [0.2, 0.25) is 0 Å². The third-order valence-corrected chi connectivity index (χ3v) is 4.24. The second kappa shape index (κ2) is 4.52. The van der Waals surface area contributed by atoms with Crippen LogP contribution in [0.3, 0.4) is 0 Å². The Bertz CT molecular complexity index is 493. The molecule has 19 heavy (non-hydrogen) atoms. The lowest BCUT2D eigenvalue weighted by atomic mass is 9.74. The van der Waals surface area contributed by atoms with Crippen LogP contribution >= 0.6 is 0 Å². The molecule has 1 aromatic heterocycles. The lowest BCUT2D eigenvalue weighted by molar-refractivity contribution is -0.141. The van der Waals surface area contributed by atoms with Crippen molar-refractivity contribution in [1.82, 2.24) is 9.78 Å². The summed E-state index contributed by atoms with van der Waals surface area (Å²) in [6, 6.07) is 0.259. The van der Waals surface area contributed by atoms with Crippen molar-refractivity contribution in [2.75, 3.05) is 19.5 Å². The topological polar surface area (TPSA) is 79.4 Å². The van der Waals surface area contributed by atoms with E-state index in [0.29, 0.717) is 5.69 Å². The van der Waals surface area contributed by atoms with Crippen molar-refractivity contribution in [2.45, 2.75) is 43.7 Å². The third-order valence-electron chi connectivity index (χ3n) is 4.24. The van der Waals surface area contributed by atoms with E-state index in [0.717, 1.165) is 32.3 Å². The molecule has 1 aliphatic heterocycles. The predicted molar refractivity (Wildman–Crippen MR) is 68.8 cm³/mol. The molecule has 1 aliphatic carbocycles. The highest BCUT2D eigenvalue weighted by Crippen LogP contribution is 2.45. The number of esters is 1. The van der Waals surface area contributed by atoms with Gasteiger partial charge in [-0.25, -0.2) is 4.79 Å². The second-order valence-corrected chi connectivity index (χ2v) is 5.44. The summed E-state index contributed by atoms with van der Waals surface area (Å²) in [4.78, 5) is 11.5. The van der Waals surface area contributed by atoms with Gasteiger partial charge in [-0.15, -0.1) is 0 Å². The molecule has 0 bridgehead atoms. The van der Waals surface area contributed by atoms with Gasteiger partial charge in [-0.2, -0.15) is 5.10 Å². The van der Waals surface area contributed by atoms with E-state index in [1.54, 1.807) is 6.20 Å². The van der Waals surface area contributed by atoms with Crippen molar-refractivity contribution in [1.29, 1.82) is 0 Å². The van der Waals surface area contributed by atoms with E-state index in [4.69, 9.17) is 10.5 Å². The minimum atomic E-state index is -0.485. The summed E-state index contributed by atoms with van der Waals surface area (Å²) < 4.78 is 12.4. The number of methoxy groups -OCH3 is 1. The molecule has 1 saturated heterocycles. The number of anilines is 1. The van der Waals surface area contributed by atoms with E-state index in [-0.39, 0.29) is 17.3 Å². The van der Waals surface area contributed by atoms with Crippen molar-refractivity contribution < 1.29 is 14.3 Å². The Kier molecular flexibility index (Phi) is 2.97. The molecule has 6 heteroatoms. The fourth-order valence-corrected chi connectivity index (χ4v) is 3.00. The summed E-state index contributed by atoms with van der Waals surface area (Å²) in [6.45, 7) is 0.748. The number of carbonyl (C=O) groups excluding carboxylic acids is 1. The summed E-state index contributed by atoms with van der Waals surface area (Å²) in [6.07, 6.45) is 7.09. The predicted octanol–water partition coefficient (Wildman–Crippen LogP) is 1.53. The van der Waals surface area contributed by atoms with E-state index in [9.17, 15) is 4.79 Å². The number of nitrogens with two attached hydrogens (primary N) is 1. The van der Waals surface area contributed by atoms with E-state index >= 15 is 0 Å². The molecule has 2 N–H and O–H groups in total. The van der Waals surface area contributed by atoms with Gasteiger partial charge in [0.25, 0.3) is 0 Å².